The van der Waals surface area contributed by atoms with Crippen molar-refractivity contribution in [2.24, 2.45) is 17.8 Å². The molecule has 142 valence electrons. The maximum Gasteiger partial charge on any atom is 0.271 e. The van der Waals surface area contributed by atoms with Crippen LogP contribution in [0.3, 0.4) is 0 Å². The van der Waals surface area contributed by atoms with Crippen LogP contribution in [0, 0.1) is 17.8 Å². The van der Waals surface area contributed by atoms with Gasteiger partial charge in [0.25, 0.3) is 5.91 Å². The van der Waals surface area contributed by atoms with Gasteiger partial charge in [-0.05, 0) is 61.5 Å². The van der Waals surface area contributed by atoms with Gasteiger partial charge in [-0.1, -0.05) is 6.07 Å². The topological polar surface area (TPSA) is 87.1 Å². The van der Waals surface area contributed by atoms with Gasteiger partial charge in [0.05, 0.1) is 5.60 Å². The highest BCUT2D eigenvalue weighted by molar-refractivity contribution is 7.13. The van der Waals surface area contributed by atoms with Gasteiger partial charge in [-0.3, -0.25) is 9.78 Å². The minimum atomic E-state index is -0.470. The summed E-state index contributed by atoms with van der Waals surface area (Å²) in [5.74, 6) is 1.37. The molecule has 2 aromatic rings. The molecule has 6 rings (SSSR count). The van der Waals surface area contributed by atoms with Crippen LogP contribution in [0.25, 0.3) is 0 Å². The fraction of sp³-hybridized carbons (Fsp3) is 0.550. The van der Waals surface area contributed by atoms with Crippen molar-refractivity contribution in [3.8, 4) is 0 Å². The summed E-state index contributed by atoms with van der Waals surface area (Å²) in [6, 6.07) is 4.09. The van der Waals surface area contributed by atoms with E-state index >= 15 is 0 Å². The summed E-state index contributed by atoms with van der Waals surface area (Å²) >= 11 is 1.44. The van der Waals surface area contributed by atoms with Gasteiger partial charge < -0.3 is 15.7 Å². The molecule has 0 spiro atoms. The van der Waals surface area contributed by atoms with Gasteiger partial charge in [0.1, 0.15) is 5.69 Å². The monoisotopic (exact) mass is 384 g/mol. The minimum absolute atomic E-state index is 0.0925. The molecule has 4 aliphatic rings. The maximum atomic E-state index is 12.7. The molecule has 2 heterocycles. The van der Waals surface area contributed by atoms with E-state index in [0.717, 1.165) is 42.8 Å². The molecule has 4 aliphatic carbocycles. The van der Waals surface area contributed by atoms with Crippen LogP contribution in [-0.2, 0) is 6.54 Å². The molecule has 2 atom stereocenters. The van der Waals surface area contributed by atoms with Crippen molar-refractivity contribution in [2.75, 3.05) is 5.32 Å². The minimum Gasteiger partial charge on any atom is -0.390 e. The van der Waals surface area contributed by atoms with E-state index in [-0.39, 0.29) is 11.9 Å². The second-order valence-electron chi connectivity index (χ2n) is 8.45. The second-order valence-corrected chi connectivity index (χ2v) is 9.30. The van der Waals surface area contributed by atoms with Crippen molar-refractivity contribution in [2.45, 2.75) is 50.3 Å². The van der Waals surface area contributed by atoms with Crippen LogP contribution in [0.4, 0.5) is 5.13 Å². The Morgan fingerprint density at radius 3 is 2.81 bits per heavy atom. The highest BCUT2D eigenvalue weighted by Gasteiger charge is 2.55. The molecule has 0 aromatic carbocycles. The quantitative estimate of drug-likeness (QED) is 0.738. The zero-order chi connectivity index (χ0) is 18.4. The van der Waals surface area contributed by atoms with Crippen LogP contribution in [0.2, 0.25) is 0 Å². The Labute approximate surface area is 162 Å². The Bertz CT molecular complexity index is 824. The lowest BCUT2D eigenvalue weighted by Crippen LogP contribution is -2.61. The van der Waals surface area contributed by atoms with E-state index in [9.17, 15) is 9.90 Å². The zero-order valence-corrected chi connectivity index (χ0v) is 15.9. The molecule has 2 unspecified atom stereocenters. The first kappa shape index (κ1) is 17.1. The van der Waals surface area contributed by atoms with E-state index in [1.807, 2.05) is 23.7 Å². The Morgan fingerprint density at radius 1 is 1.30 bits per heavy atom. The van der Waals surface area contributed by atoms with E-state index in [1.165, 1.54) is 11.3 Å². The van der Waals surface area contributed by atoms with Crippen molar-refractivity contribution >= 4 is 22.4 Å². The third kappa shape index (κ3) is 3.34. The number of carbonyl (C=O) groups excluding carboxylic acids is 1. The Kier molecular flexibility index (Phi) is 4.16. The number of amides is 1. The van der Waals surface area contributed by atoms with E-state index in [1.54, 1.807) is 6.20 Å². The number of hydrogen-bond donors (Lipinski definition) is 3. The summed E-state index contributed by atoms with van der Waals surface area (Å²) in [5.41, 5.74) is 1.08. The van der Waals surface area contributed by atoms with Gasteiger partial charge in [0, 0.05) is 30.4 Å². The predicted molar refractivity (Wildman–Crippen MR) is 103 cm³/mol. The number of nitrogens with one attached hydrogen (secondary N) is 2. The SMILES string of the molecule is O=C(NC1C2CC3CC1CC(O)(C3)C2)c1csc(NCc2cccnc2)n1. The van der Waals surface area contributed by atoms with Crippen LogP contribution in [0.1, 0.15) is 48.2 Å². The summed E-state index contributed by atoms with van der Waals surface area (Å²) in [5, 5.41) is 19.7. The van der Waals surface area contributed by atoms with E-state index in [0.29, 0.717) is 30.0 Å². The Balaban J connectivity index is 1.21. The molecule has 0 saturated heterocycles. The first-order valence-corrected chi connectivity index (χ1v) is 10.6. The van der Waals surface area contributed by atoms with Gasteiger partial charge in [-0.25, -0.2) is 4.98 Å². The summed E-state index contributed by atoms with van der Waals surface area (Å²) in [6.07, 6.45) is 8.46. The van der Waals surface area contributed by atoms with Crippen molar-refractivity contribution in [1.82, 2.24) is 15.3 Å². The third-order valence-electron chi connectivity index (χ3n) is 6.44. The van der Waals surface area contributed by atoms with Gasteiger partial charge in [-0.15, -0.1) is 11.3 Å². The molecule has 1 amide bonds. The summed E-state index contributed by atoms with van der Waals surface area (Å²) < 4.78 is 0. The molecule has 0 aliphatic heterocycles. The van der Waals surface area contributed by atoms with Crippen molar-refractivity contribution < 1.29 is 9.90 Å². The molecule has 7 heteroatoms. The molecule has 6 nitrogen and oxygen atoms in total. The molecule has 4 bridgehead atoms. The molecular weight excluding hydrogens is 360 g/mol. The number of carbonyl (C=O) groups is 1. The molecular formula is C20H24N4O2S. The predicted octanol–water partition coefficient (Wildman–Crippen LogP) is 2.82. The van der Waals surface area contributed by atoms with Crippen LogP contribution in [0.5, 0.6) is 0 Å². The van der Waals surface area contributed by atoms with Crippen LogP contribution < -0.4 is 10.6 Å². The second kappa shape index (κ2) is 6.56. The van der Waals surface area contributed by atoms with Crippen LogP contribution in [-0.4, -0.2) is 32.6 Å². The number of anilines is 1. The van der Waals surface area contributed by atoms with Crippen LogP contribution in [0.15, 0.2) is 29.9 Å². The molecule has 4 fully saturated rings. The summed E-state index contributed by atoms with van der Waals surface area (Å²) in [4.78, 5) is 21.3. The maximum absolute atomic E-state index is 12.7. The third-order valence-corrected chi connectivity index (χ3v) is 7.24. The highest BCUT2D eigenvalue weighted by Crippen LogP contribution is 2.55. The average Bonchev–Trinajstić information content (AvgIpc) is 3.12. The number of hydrogen-bond acceptors (Lipinski definition) is 6. The van der Waals surface area contributed by atoms with Gasteiger partial charge in [0.15, 0.2) is 5.13 Å². The molecule has 0 radical (unpaired) electrons. The number of nitrogens with zero attached hydrogens (tertiary/aromatic N) is 2. The fourth-order valence-electron chi connectivity index (χ4n) is 5.58. The summed E-state index contributed by atoms with van der Waals surface area (Å²) in [7, 11) is 0. The van der Waals surface area contributed by atoms with Crippen LogP contribution >= 0.6 is 11.3 Å². The largest absolute Gasteiger partial charge is 0.390 e. The normalized spacial score (nSPS) is 33.8. The first-order valence-electron chi connectivity index (χ1n) is 9.69. The number of aliphatic hydroxyl groups is 1. The Hall–Kier alpha value is -1.99. The lowest BCUT2D eigenvalue weighted by atomic mass is 9.52. The zero-order valence-electron chi connectivity index (χ0n) is 15.1. The van der Waals surface area contributed by atoms with Crippen molar-refractivity contribution in [3.05, 3.63) is 41.2 Å². The smallest absolute Gasteiger partial charge is 0.271 e. The van der Waals surface area contributed by atoms with Crippen molar-refractivity contribution in [3.63, 3.8) is 0 Å². The van der Waals surface area contributed by atoms with E-state index in [2.05, 4.69) is 20.6 Å². The van der Waals surface area contributed by atoms with Gasteiger partial charge in [-0.2, -0.15) is 0 Å². The number of rotatable bonds is 5. The lowest BCUT2D eigenvalue weighted by molar-refractivity contribution is -0.136. The van der Waals surface area contributed by atoms with Gasteiger partial charge in [0.2, 0.25) is 0 Å². The van der Waals surface area contributed by atoms with E-state index < -0.39 is 5.60 Å². The average molecular weight is 385 g/mol. The lowest BCUT2D eigenvalue weighted by Gasteiger charge is -2.58. The Morgan fingerprint density at radius 2 is 2.11 bits per heavy atom. The van der Waals surface area contributed by atoms with E-state index in [4.69, 9.17) is 0 Å². The number of thiazole rings is 1. The molecule has 2 aromatic heterocycles. The molecule has 4 saturated carbocycles. The highest BCUT2D eigenvalue weighted by atomic mass is 32.1. The number of aromatic nitrogens is 2. The van der Waals surface area contributed by atoms with Gasteiger partial charge >= 0.3 is 0 Å². The van der Waals surface area contributed by atoms with Crippen molar-refractivity contribution in [1.29, 1.82) is 0 Å². The molecule has 27 heavy (non-hydrogen) atoms. The first-order chi connectivity index (χ1) is 13.1. The number of pyridine rings is 1. The standard InChI is InChI=1S/C20H24N4O2S/c25-18(16-11-27-19(23-16)22-10-12-2-1-3-21-9-12)24-17-14-4-13-5-15(17)8-20(26,6-13)7-14/h1-3,9,11,13-15,17,26H,4-8,10H2,(H,22,23)(H,24,25). The summed E-state index contributed by atoms with van der Waals surface area (Å²) in [6.45, 7) is 0.634. The fourth-order valence-corrected chi connectivity index (χ4v) is 6.27. The molecule has 3 N–H and O–H groups in total.